The average molecular weight is 350 g/mol. The lowest BCUT2D eigenvalue weighted by atomic mass is 10.2. The molecule has 112 valence electrons. The molecule has 0 bridgehead atoms. The second kappa shape index (κ2) is 6.19. The Bertz CT molecular complexity index is 617. The van der Waals surface area contributed by atoms with Gasteiger partial charge in [0, 0.05) is 17.1 Å². The van der Waals surface area contributed by atoms with E-state index in [4.69, 9.17) is 22.3 Å². The normalized spacial score (nSPS) is 12.2. The third-order valence-electron chi connectivity index (χ3n) is 2.13. The van der Waals surface area contributed by atoms with Gasteiger partial charge in [0.1, 0.15) is 0 Å². The highest BCUT2D eigenvalue weighted by Crippen LogP contribution is 2.27. The maximum atomic E-state index is 11.9. The molecule has 0 unspecified atom stereocenters. The van der Waals surface area contributed by atoms with E-state index in [-0.39, 0.29) is 15.6 Å². The second-order valence-corrected chi connectivity index (χ2v) is 6.72. The number of carbonyl (C=O) groups is 1. The van der Waals surface area contributed by atoms with Crippen molar-refractivity contribution in [2.24, 2.45) is 0 Å². The third kappa shape index (κ3) is 5.56. The zero-order valence-electron chi connectivity index (χ0n) is 9.67. The first-order valence-corrected chi connectivity index (χ1v) is 7.78. The van der Waals surface area contributed by atoms with E-state index in [2.05, 4.69) is 5.32 Å². The molecule has 0 saturated carbocycles. The molecule has 0 atom stereocenters. The highest BCUT2D eigenvalue weighted by Gasteiger charge is 2.28. The molecule has 1 aromatic carbocycles. The average Bonchev–Trinajstić information content (AvgIpc) is 2.27. The van der Waals surface area contributed by atoms with Crippen molar-refractivity contribution in [1.29, 1.82) is 0 Å². The van der Waals surface area contributed by atoms with Crippen molar-refractivity contribution < 1.29 is 26.4 Å². The Kier molecular flexibility index (Phi) is 5.28. The van der Waals surface area contributed by atoms with Crippen LogP contribution in [-0.2, 0) is 13.8 Å². The first kappa shape index (κ1) is 17.1. The van der Waals surface area contributed by atoms with Gasteiger partial charge in [0.25, 0.3) is 9.05 Å². The number of benzene rings is 1. The Hall–Kier alpha value is -0.990. The summed E-state index contributed by atoms with van der Waals surface area (Å²) in [5.41, 5.74) is 0.00269. The van der Waals surface area contributed by atoms with E-state index in [1.54, 1.807) is 0 Å². The fourth-order valence-electron chi connectivity index (χ4n) is 1.22. The minimum absolute atomic E-state index is 0.00269. The molecule has 0 aromatic heterocycles. The van der Waals surface area contributed by atoms with Crippen LogP contribution < -0.4 is 5.32 Å². The Balaban J connectivity index is 2.77. The molecule has 1 aromatic rings. The molecule has 0 aliphatic heterocycles. The fraction of sp³-hybridized carbons (Fsp3) is 0.300. The molecule has 1 amide bonds. The monoisotopic (exact) mass is 349 g/mol. The lowest BCUT2D eigenvalue weighted by Crippen LogP contribution is -2.16. The van der Waals surface area contributed by atoms with Crippen molar-refractivity contribution in [2.45, 2.75) is 23.9 Å². The Morgan fingerprint density at radius 2 is 1.90 bits per heavy atom. The number of hydrogen-bond acceptors (Lipinski definition) is 3. The maximum absolute atomic E-state index is 11.9. The molecule has 0 heterocycles. The summed E-state index contributed by atoms with van der Waals surface area (Å²) in [7, 11) is 1.12. The van der Waals surface area contributed by atoms with Gasteiger partial charge in [-0.3, -0.25) is 4.79 Å². The second-order valence-electron chi connectivity index (χ2n) is 3.74. The molecule has 10 heteroatoms. The van der Waals surface area contributed by atoms with Crippen molar-refractivity contribution in [3.63, 3.8) is 0 Å². The van der Waals surface area contributed by atoms with Crippen LogP contribution in [-0.4, -0.2) is 20.5 Å². The van der Waals surface area contributed by atoms with Crippen LogP contribution in [0.25, 0.3) is 0 Å². The molecule has 1 rings (SSSR count). The number of rotatable bonds is 4. The molecule has 0 spiro atoms. The van der Waals surface area contributed by atoms with Crippen LogP contribution in [0.5, 0.6) is 0 Å². The largest absolute Gasteiger partial charge is 0.389 e. The molecule has 0 radical (unpaired) electrons. The lowest BCUT2D eigenvalue weighted by molar-refractivity contribution is -0.142. The summed E-state index contributed by atoms with van der Waals surface area (Å²) in [4.78, 5) is 11.0. The van der Waals surface area contributed by atoms with E-state index in [0.717, 1.165) is 18.2 Å². The Labute approximate surface area is 122 Å². The van der Waals surface area contributed by atoms with Crippen molar-refractivity contribution in [3.05, 3.63) is 23.2 Å². The summed E-state index contributed by atoms with van der Waals surface area (Å²) >= 11 is 5.71. The zero-order valence-corrected chi connectivity index (χ0v) is 12.0. The molecule has 4 nitrogen and oxygen atoms in total. The number of carbonyl (C=O) groups excluding carboxylic acids is 1. The summed E-state index contributed by atoms with van der Waals surface area (Å²) in [5.74, 6) is -0.884. The van der Waals surface area contributed by atoms with E-state index in [1.165, 1.54) is 0 Å². The third-order valence-corrected chi connectivity index (χ3v) is 3.80. The quantitative estimate of drug-likeness (QED) is 0.845. The van der Waals surface area contributed by atoms with Gasteiger partial charge in [0.05, 0.1) is 22.0 Å². The number of hydrogen-bond donors (Lipinski definition) is 1. The summed E-state index contributed by atoms with van der Waals surface area (Å²) in [5, 5.41) is 2.01. The Morgan fingerprint density at radius 3 is 2.35 bits per heavy atom. The van der Waals surface area contributed by atoms with E-state index in [9.17, 15) is 26.4 Å². The van der Waals surface area contributed by atoms with Gasteiger partial charge >= 0.3 is 6.18 Å². The summed E-state index contributed by atoms with van der Waals surface area (Å²) in [6, 6.07) is 3.21. The minimum atomic E-state index is -4.43. The van der Waals surface area contributed by atoms with E-state index in [1.807, 2.05) is 0 Å². The molecule has 0 aliphatic rings. The smallest absolute Gasteiger partial charge is 0.325 e. The van der Waals surface area contributed by atoms with Crippen LogP contribution in [0.2, 0.25) is 5.02 Å². The lowest BCUT2D eigenvalue weighted by Gasteiger charge is -2.09. The predicted molar refractivity (Wildman–Crippen MR) is 68.4 cm³/mol. The first-order chi connectivity index (χ1) is 8.99. The van der Waals surface area contributed by atoms with Gasteiger partial charge < -0.3 is 5.32 Å². The molecular weight excluding hydrogens is 342 g/mol. The van der Waals surface area contributed by atoms with Gasteiger partial charge in [-0.2, -0.15) is 13.2 Å². The molecule has 20 heavy (non-hydrogen) atoms. The topological polar surface area (TPSA) is 63.2 Å². The van der Waals surface area contributed by atoms with Crippen molar-refractivity contribution in [1.82, 2.24) is 0 Å². The molecule has 1 N–H and O–H groups in total. The SMILES string of the molecule is O=C(CCC(F)(F)F)Nc1ccc(S(=O)(=O)Cl)cc1Cl. The van der Waals surface area contributed by atoms with Crippen molar-refractivity contribution >= 4 is 42.9 Å². The zero-order chi connectivity index (χ0) is 15.6. The molecule has 0 fully saturated rings. The van der Waals surface area contributed by atoms with Gasteiger partial charge in [-0.25, -0.2) is 8.42 Å². The minimum Gasteiger partial charge on any atom is -0.325 e. The fourth-order valence-corrected chi connectivity index (χ4v) is 2.29. The van der Waals surface area contributed by atoms with Crippen molar-refractivity contribution in [3.8, 4) is 0 Å². The van der Waals surface area contributed by atoms with E-state index < -0.39 is 34.0 Å². The summed E-state index contributed by atoms with van der Waals surface area (Å²) in [6.45, 7) is 0. The highest BCUT2D eigenvalue weighted by atomic mass is 35.7. The number of halogens is 5. The number of anilines is 1. The van der Waals surface area contributed by atoms with Crippen molar-refractivity contribution in [2.75, 3.05) is 5.32 Å². The number of amides is 1. The van der Waals surface area contributed by atoms with E-state index in [0.29, 0.717) is 0 Å². The van der Waals surface area contributed by atoms with Crippen LogP contribution in [0.1, 0.15) is 12.8 Å². The van der Waals surface area contributed by atoms with Gasteiger partial charge in [0.15, 0.2) is 0 Å². The molecular formula is C10H8Cl2F3NO3S. The van der Waals surface area contributed by atoms with Crippen LogP contribution in [0.3, 0.4) is 0 Å². The molecule has 0 aliphatic carbocycles. The van der Waals surface area contributed by atoms with Gasteiger partial charge in [-0.05, 0) is 18.2 Å². The summed E-state index contributed by atoms with van der Waals surface area (Å²) in [6.07, 6.45) is -6.45. The molecule has 0 saturated heterocycles. The first-order valence-electron chi connectivity index (χ1n) is 5.10. The Morgan fingerprint density at radius 1 is 1.30 bits per heavy atom. The van der Waals surface area contributed by atoms with Crippen LogP contribution in [0.4, 0.5) is 18.9 Å². The van der Waals surface area contributed by atoms with Gasteiger partial charge in [-0.15, -0.1) is 0 Å². The van der Waals surface area contributed by atoms with Gasteiger partial charge in [0.2, 0.25) is 5.91 Å². The highest BCUT2D eigenvalue weighted by molar-refractivity contribution is 8.13. The van der Waals surface area contributed by atoms with E-state index >= 15 is 0 Å². The maximum Gasteiger partial charge on any atom is 0.389 e. The van der Waals surface area contributed by atoms with Crippen LogP contribution in [0, 0.1) is 0 Å². The van der Waals surface area contributed by atoms with Crippen LogP contribution >= 0.6 is 22.3 Å². The standard InChI is InChI=1S/C10H8Cl2F3NO3S/c11-7-5-6(20(12,18)19)1-2-8(7)16-9(17)3-4-10(13,14)15/h1-2,5H,3-4H2,(H,16,17). The van der Waals surface area contributed by atoms with Crippen LogP contribution in [0.15, 0.2) is 23.1 Å². The number of nitrogens with one attached hydrogen (secondary N) is 1. The van der Waals surface area contributed by atoms with Gasteiger partial charge in [-0.1, -0.05) is 11.6 Å². The predicted octanol–water partition coefficient (Wildman–Crippen LogP) is 3.55. The number of alkyl halides is 3. The summed E-state index contributed by atoms with van der Waals surface area (Å²) < 4.78 is 57.8.